The summed E-state index contributed by atoms with van der Waals surface area (Å²) in [6.07, 6.45) is 2.78. The minimum Gasteiger partial charge on any atom is -0.365 e. The molecule has 0 radical (unpaired) electrons. The van der Waals surface area contributed by atoms with Crippen molar-refractivity contribution in [1.82, 2.24) is 5.32 Å². The molecule has 1 heterocycles. The van der Waals surface area contributed by atoms with E-state index in [2.05, 4.69) is 54.0 Å². The zero-order chi connectivity index (χ0) is 21.3. The van der Waals surface area contributed by atoms with Crippen LogP contribution in [0.2, 0.25) is 0 Å². The lowest BCUT2D eigenvalue weighted by atomic mass is 9.72. The summed E-state index contributed by atoms with van der Waals surface area (Å²) >= 11 is 8.96. The number of primary amides is 1. The molecule has 1 aliphatic carbocycles. The third kappa shape index (κ3) is 4.97. The summed E-state index contributed by atoms with van der Waals surface area (Å²) in [6, 6.07) is 7.27. The van der Waals surface area contributed by atoms with Crippen molar-refractivity contribution in [2.75, 3.05) is 5.32 Å². The Morgan fingerprint density at radius 3 is 2.59 bits per heavy atom. The van der Waals surface area contributed by atoms with Crippen LogP contribution in [0.5, 0.6) is 0 Å². The van der Waals surface area contributed by atoms with Gasteiger partial charge in [0.25, 0.3) is 11.8 Å². The maximum atomic E-state index is 12.5. The molecule has 1 aliphatic rings. The van der Waals surface area contributed by atoms with Crippen molar-refractivity contribution < 1.29 is 9.59 Å². The van der Waals surface area contributed by atoms with Crippen LogP contribution in [0.15, 0.2) is 24.3 Å². The predicted molar refractivity (Wildman–Crippen MR) is 131 cm³/mol. The van der Waals surface area contributed by atoms with Crippen LogP contribution in [0.4, 0.5) is 5.00 Å². The van der Waals surface area contributed by atoms with Crippen molar-refractivity contribution in [3.8, 4) is 0 Å². The molecule has 29 heavy (non-hydrogen) atoms. The minimum atomic E-state index is -0.467. The van der Waals surface area contributed by atoms with Gasteiger partial charge in [-0.2, -0.15) is 0 Å². The fourth-order valence-corrected chi connectivity index (χ4v) is 5.85. The van der Waals surface area contributed by atoms with Gasteiger partial charge in [-0.3, -0.25) is 14.9 Å². The van der Waals surface area contributed by atoms with Gasteiger partial charge in [0, 0.05) is 8.45 Å². The van der Waals surface area contributed by atoms with Gasteiger partial charge in [-0.25, -0.2) is 0 Å². The smallest absolute Gasteiger partial charge is 0.258 e. The first-order valence-electron chi connectivity index (χ1n) is 9.39. The molecule has 1 aromatic carbocycles. The highest BCUT2D eigenvalue weighted by molar-refractivity contribution is 14.1. The number of benzene rings is 1. The van der Waals surface area contributed by atoms with E-state index in [0.717, 1.165) is 28.4 Å². The lowest BCUT2D eigenvalue weighted by molar-refractivity contribution is 0.0974. The van der Waals surface area contributed by atoms with E-state index in [1.807, 2.05) is 12.1 Å². The fraction of sp³-hybridized carbons (Fsp3) is 0.381. The van der Waals surface area contributed by atoms with Gasteiger partial charge in [-0.1, -0.05) is 32.9 Å². The molecule has 0 aliphatic heterocycles. The largest absolute Gasteiger partial charge is 0.365 e. The van der Waals surface area contributed by atoms with Crippen molar-refractivity contribution in [3.05, 3.63) is 49.4 Å². The average Bonchev–Trinajstić information content (AvgIpc) is 2.98. The number of halogens is 1. The third-order valence-corrected chi connectivity index (χ3v) is 7.62. The Morgan fingerprint density at radius 2 is 1.97 bits per heavy atom. The lowest BCUT2D eigenvalue weighted by Crippen LogP contribution is -2.34. The topological polar surface area (TPSA) is 84.2 Å². The monoisotopic (exact) mass is 541 g/mol. The van der Waals surface area contributed by atoms with E-state index in [1.165, 1.54) is 16.2 Å². The summed E-state index contributed by atoms with van der Waals surface area (Å²) < 4.78 is 0.836. The molecule has 0 bridgehead atoms. The van der Waals surface area contributed by atoms with E-state index in [1.54, 1.807) is 12.1 Å². The van der Waals surface area contributed by atoms with Crippen LogP contribution in [0.25, 0.3) is 0 Å². The van der Waals surface area contributed by atoms with Gasteiger partial charge in [-0.05, 0) is 83.1 Å². The number of hydrogen-bond donors (Lipinski definition) is 3. The summed E-state index contributed by atoms with van der Waals surface area (Å²) in [6.45, 7) is 6.75. The number of hydrogen-bond acceptors (Lipinski definition) is 4. The van der Waals surface area contributed by atoms with Crippen molar-refractivity contribution in [1.29, 1.82) is 0 Å². The molecule has 0 spiro atoms. The van der Waals surface area contributed by atoms with Crippen molar-refractivity contribution >= 4 is 68.1 Å². The third-order valence-electron chi connectivity index (χ3n) is 5.31. The number of thiocarbonyl (C=S) groups is 1. The van der Waals surface area contributed by atoms with Gasteiger partial charge in [0.15, 0.2) is 5.11 Å². The molecule has 2 aromatic rings. The van der Waals surface area contributed by atoms with E-state index in [4.69, 9.17) is 18.0 Å². The number of carbonyl (C=O) groups is 2. The number of fused-ring (bicyclic) bond motifs is 1. The molecule has 1 atom stereocenters. The standard InChI is InChI=1S/C21H24IN3O2S2/c1-21(2,3)11-8-9-13-15(10-11)29-19(16(13)17(23)26)25-20(28)24-18(27)12-6-4-5-7-14(12)22/h4-7,11H,8-10H2,1-3H3,(H2,23,26)(H2,24,25,27,28)/t11-/m1/s1. The van der Waals surface area contributed by atoms with Gasteiger partial charge in [0.1, 0.15) is 5.00 Å². The molecule has 0 fully saturated rings. The molecule has 5 nitrogen and oxygen atoms in total. The molecule has 0 unspecified atom stereocenters. The van der Waals surface area contributed by atoms with E-state index >= 15 is 0 Å². The van der Waals surface area contributed by atoms with Crippen LogP contribution in [-0.4, -0.2) is 16.9 Å². The first-order valence-corrected chi connectivity index (χ1v) is 11.7. The number of nitrogens with one attached hydrogen (secondary N) is 2. The maximum absolute atomic E-state index is 12.5. The highest BCUT2D eigenvalue weighted by atomic mass is 127. The molecule has 0 saturated heterocycles. The van der Waals surface area contributed by atoms with Gasteiger partial charge >= 0.3 is 0 Å². The normalized spacial score (nSPS) is 16.1. The van der Waals surface area contributed by atoms with Crippen LogP contribution in [0, 0.1) is 14.9 Å². The molecule has 2 amide bonds. The summed E-state index contributed by atoms with van der Waals surface area (Å²) in [5.74, 6) is -0.206. The Balaban J connectivity index is 1.80. The first kappa shape index (κ1) is 22.2. The molecule has 154 valence electrons. The SMILES string of the molecule is CC(C)(C)[C@@H]1CCc2c(sc(NC(=S)NC(=O)c3ccccc3I)c2C(N)=O)C1. The molecule has 3 rings (SSSR count). The number of anilines is 1. The molecule has 1 aromatic heterocycles. The second-order valence-corrected chi connectivity index (χ2v) is 10.9. The summed E-state index contributed by atoms with van der Waals surface area (Å²) in [5.41, 5.74) is 7.97. The number of rotatable bonds is 3. The number of amides is 2. The average molecular weight is 541 g/mol. The number of carbonyl (C=O) groups excluding carboxylic acids is 2. The molecular formula is C21H24IN3O2S2. The Bertz CT molecular complexity index is 979. The van der Waals surface area contributed by atoms with Crippen LogP contribution in [0.1, 0.15) is 58.3 Å². The Morgan fingerprint density at radius 1 is 1.28 bits per heavy atom. The second-order valence-electron chi connectivity index (χ2n) is 8.27. The Labute approximate surface area is 194 Å². The molecule has 8 heteroatoms. The zero-order valence-corrected chi connectivity index (χ0v) is 20.4. The number of nitrogens with two attached hydrogens (primary N) is 1. The van der Waals surface area contributed by atoms with Gasteiger partial charge in [-0.15, -0.1) is 11.3 Å². The van der Waals surface area contributed by atoms with E-state index in [-0.39, 0.29) is 16.4 Å². The highest BCUT2D eigenvalue weighted by Gasteiger charge is 2.33. The van der Waals surface area contributed by atoms with Crippen LogP contribution < -0.4 is 16.4 Å². The quantitative estimate of drug-likeness (QED) is 0.388. The fourth-order valence-electron chi connectivity index (χ4n) is 3.62. The zero-order valence-electron chi connectivity index (χ0n) is 16.6. The number of thiophene rings is 1. The summed E-state index contributed by atoms with van der Waals surface area (Å²) in [7, 11) is 0. The molecule has 0 saturated carbocycles. The second kappa shape index (κ2) is 8.69. The highest BCUT2D eigenvalue weighted by Crippen LogP contribution is 2.44. The van der Waals surface area contributed by atoms with Crippen molar-refractivity contribution in [2.45, 2.75) is 40.0 Å². The van der Waals surface area contributed by atoms with Crippen LogP contribution >= 0.6 is 46.1 Å². The predicted octanol–water partition coefficient (Wildman–Crippen LogP) is 4.73. The summed E-state index contributed by atoms with van der Waals surface area (Å²) in [5, 5.41) is 6.51. The Kier molecular flexibility index (Phi) is 6.64. The van der Waals surface area contributed by atoms with E-state index in [0.29, 0.717) is 22.0 Å². The van der Waals surface area contributed by atoms with Crippen molar-refractivity contribution in [2.24, 2.45) is 17.1 Å². The van der Waals surface area contributed by atoms with Gasteiger partial charge in [0.2, 0.25) is 0 Å². The molecule has 4 N–H and O–H groups in total. The molecular weight excluding hydrogens is 517 g/mol. The van der Waals surface area contributed by atoms with E-state index < -0.39 is 5.91 Å². The first-order chi connectivity index (χ1) is 13.6. The summed E-state index contributed by atoms with van der Waals surface area (Å²) in [4.78, 5) is 25.8. The van der Waals surface area contributed by atoms with Crippen LogP contribution in [-0.2, 0) is 12.8 Å². The van der Waals surface area contributed by atoms with Crippen LogP contribution in [0.3, 0.4) is 0 Å². The Hall–Kier alpha value is -1.52. The van der Waals surface area contributed by atoms with Gasteiger partial charge < -0.3 is 11.1 Å². The van der Waals surface area contributed by atoms with Crippen molar-refractivity contribution in [3.63, 3.8) is 0 Å². The van der Waals surface area contributed by atoms with E-state index in [9.17, 15) is 9.59 Å². The minimum absolute atomic E-state index is 0.156. The van der Waals surface area contributed by atoms with Gasteiger partial charge in [0.05, 0.1) is 11.1 Å². The lowest BCUT2D eigenvalue weighted by Gasteiger charge is -2.33. The maximum Gasteiger partial charge on any atom is 0.258 e.